The Morgan fingerprint density at radius 2 is 2.33 bits per heavy atom. The van der Waals surface area contributed by atoms with E-state index < -0.39 is 0 Å². The molecule has 1 unspecified atom stereocenters. The van der Waals surface area contributed by atoms with E-state index in [1.807, 2.05) is 17.8 Å². The van der Waals surface area contributed by atoms with Crippen LogP contribution in [0.15, 0.2) is 24.0 Å². The Morgan fingerprint density at radius 1 is 1.44 bits per heavy atom. The Kier molecular flexibility index (Phi) is 4.72. The van der Waals surface area contributed by atoms with Crippen LogP contribution in [0.25, 0.3) is 0 Å². The summed E-state index contributed by atoms with van der Waals surface area (Å²) in [5.74, 6) is 0.870. The summed E-state index contributed by atoms with van der Waals surface area (Å²) in [4.78, 5) is 8.69. The highest BCUT2D eigenvalue weighted by Gasteiger charge is 2.14. The van der Waals surface area contributed by atoms with Crippen LogP contribution in [-0.2, 0) is 11.3 Å². The summed E-state index contributed by atoms with van der Waals surface area (Å²) in [5.41, 5.74) is 0. The Labute approximate surface area is 111 Å². The van der Waals surface area contributed by atoms with E-state index in [4.69, 9.17) is 4.74 Å². The lowest BCUT2D eigenvalue weighted by Crippen LogP contribution is -2.15. The SMILES string of the molecule is CCC(Nc1nccn1CCOC)c1nccs1. The molecule has 2 aromatic heterocycles. The van der Waals surface area contributed by atoms with Crippen molar-refractivity contribution >= 4 is 17.3 Å². The first kappa shape index (κ1) is 13.0. The summed E-state index contributed by atoms with van der Waals surface area (Å²) >= 11 is 1.67. The minimum Gasteiger partial charge on any atom is -0.383 e. The van der Waals surface area contributed by atoms with Crippen molar-refractivity contribution in [3.05, 3.63) is 29.0 Å². The number of rotatable bonds is 7. The van der Waals surface area contributed by atoms with Gasteiger partial charge in [0.15, 0.2) is 0 Å². The molecular formula is C12H18N4OS. The predicted octanol–water partition coefficient (Wildman–Crippen LogP) is 2.55. The lowest BCUT2D eigenvalue weighted by Gasteiger charge is -2.16. The lowest BCUT2D eigenvalue weighted by molar-refractivity contribution is 0.187. The van der Waals surface area contributed by atoms with E-state index in [1.165, 1.54) is 0 Å². The van der Waals surface area contributed by atoms with Crippen molar-refractivity contribution in [3.8, 4) is 0 Å². The van der Waals surface area contributed by atoms with Gasteiger partial charge in [0.05, 0.1) is 12.6 Å². The molecule has 0 aromatic carbocycles. The summed E-state index contributed by atoms with van der Waals surface area (Å²) < 4.78 is 7.14. The maximum absolute atomic E-state index is 5.09. The zero-order valence-corrected chi connectivity index (χ0v) is 11.5. The van der Waals surface area contributed by atoms with Crippen LogP contribution >= 0.6 is 11.3 Å². The fourth-order valence-corrected chi connectivity index (χ4v) is 2.49. The van der Waals surface area contributed by atoms with Gasteiger partial charge in [-0.05, 0) is 6.42 Å². The molecule has 0 fully saturated rings. The molecule has 0 saturated carbocycles. The zero-order chi connectivity index (χ0) is 12.8. The summed E-state index contributed by atoms with van der Waals surface area (Å²) in [6.07, 6.45) is 6.56. The van der Waals surface area contributed by atoms with Crippen LogP contribution in [0.4, 0.5) is 5.95 Å². The largest absolute Gasteiger partial charge is 0.383 e. The van der Waals surface area contributed by atoms with E-state index in [0.29, 0.717) is 6.61 Å². The van der Waals surface area contributed by atoms with Crippen LogP contribution in [0.3, 0.4) is 0 Å². The van der Waals surface area contributed by atoms with Gasteiger partial charge in [-0.3, -0.25) is 0 Å². The van der Waals surface area contributed by atoms with Gasteiger partial charge in [-0.2, -0.15) is 0 Å². The van der Waals surface area contributed by atoms with Gasteiger partial charge >= 0.3 is 0 Å². The predicted molar refractivity (Wildman–Crippen MR) is 72.9 cm³/mol. The van der Waals surface area contributed by atoms with Crippen molar-refractivity contribution in [2.24, 2.45) is 0 Å². The van der Waals surface area contributed by atoms with Crippen LogP contribution in [0, 0.1) is 0 Å². The van der Waals surface area contributed by atoms with Crippen LogP contribution in [-0.4, -0.2) is 28.3 Å². The van der Waals surface area contributed by atoms with Gasteiger partial charge in [0.2, 0.25) is 5.95 Å². The molecule has 0 amide bonds. The van der Waals surface area contributed by atoms with Crippen molar-refractivity contribution in [3.63, 3.8) is 0 Å². The molecule has 1 N–H and O–H groups in total. The fourth-order valence-electron chi connectivity index (χ4n) is 1.72. The molecule has 5 nitrogen and oxygen atoms in total. The molecule has 0 saturated heterocycles. The number of imidazole rings is 1. The van der Waals surface area contributed by atoms with Crippen molar-refractivity contribution in [1.82, 2.24) is 14.5 Å². The second-order valence-corrected chi connectivity index (χ2v) is 4.84. The number of hydrogen-bond donors (Lipinski definition) is 1. The molecule has 0 aliphatic heterocycles. The number of nitrogens with one attached hydrogen (secondary N) is 1. The summed E-state index contributed by atoms with van der Waals surface area (Å²) in [5, 5.41) is 6.53. The topological polar surface area (TPSA) is 52.0 Å². The molecule has 2 aromatic rings. The number of anilines is 1. The van der Waals surface area contributed by atoms with Crippen molar-refractivity contribution in [1.29, 1.82) is 0 Å². The first-order chi connectivity index (χ1) is 8.85. The number of hydrogen-bond acceptors (Lipinski definition) is 5. The molecule has 0 aliphatic rings. The van der Waals surface area contributed by atoms with Crippen molar-refractivity contribution in [2.75, 3.05) is 19.0 Å². The van der Waals surface area contributed by atoms with Crippen LogP contribution < -0.4 is 5.32 Å². The van der Waals surface area contributed by atoms with Crippen LogP contribution in [0.5, 0.6) is 0 Å². The molecule has 0 spiro atoms. The summed E-state index contributed by atoms with van der Waals surface area (Å²) in [6.45, 7) is 3.62. The first-order valence-corrected chi connectivity index (χ1v) is 6.89. The number of ether oxygens (including phenoxy) is 1. The highest BCUT2D eigenvalue weighted by atomic mass is 32.1. The minimum atomic E-state index is 0.216. The summed E-state index contributed by atoms with van der Waals surface area (Å²) in [7, 11) is 1.70. The minimum absolute atomic E-state index is 0.216. The zero-order valence-electron chi connectivity index (χ0n) is 10.7. The Balaban J connectivity index is 2.05. The normalized spacial score (nSPS) is 12.6. The monoisotopic (exact) mass is 266 g/mol. The number of thiazole rings is 1. The third-order valence-electron chi connectivity index (χ3n) is 2.71. The average molecular weight is 266 g/mol. The molecule has 0 radical (unpaired) electrons. The quantitative estimate of drug-likeness (QED) is 0.836. The fraction of sp³-hybridized carbons (Fsp3) is 0.500. The van der Waals surface area contributed by atoms with Gasteiger partial charge in [-0.15, -0.1) is 11.3 Å². The molecular weight excluding hydrogens is 248 g/mol. The Hall–Kier alpha value is -1.40. The molecule has 0 bridgehead atoms. The summed E-state index contributed by atoms with van der Waals surface area (Å²) in [6, 6.07) is 0.216. The van der Waals surface area contributed by atoms with E-state index in [2.05, 4.69) is 26.8 Å². The van der Waals surface area contributed by atoms with Crippen molar-refractivity contribution in [2.45, 2.75) is 25.9 Å². The average Bonchev–Trinajstić information content (AvgIpc) is 3.04. The maximum atomic E-state index is 5.09. The van der Waals surface area contributed by atoms with Gasteiger partial charge in [-0.25, -0.2) is 9.97 Å². The Bertz CT molecular complexity index is 454. The maximum Gasteiger partial charge on any atom is 0.203 e. The third-order valence-corrected chi connectivity index (χ3v) is 3.60. The molecule has 1 atom stereocenters. The van der Waals surface area contributed by atoms with E-state index in [-0.39, 0.29) is 6.04 Å². The molecule has 6 heteroatoms. The molecule has 98 valence electrons. The molecule has 18 heavy (non-hydrogen) atoms. The van der Waals surface area contributed by atoms with E-state index in [1.54, 1.807) is 24.6 Å². The second kappa shape index (κ2) is 6.51. The Morgan fingerprint density at radius 3 is 3.00 bits per heavy atom. The second-order valence-electron chi connectivity index (χ2n) is 3.91. The van der Waals surface area contributed by atoms with Crippen LogP contribution in [0.2, 0.25) is 0 Å². The molecule has 0 aliphatic carbocycles. The smallest absolute Gasteiger partial charge is 0.203 e. The molecule has 2 rings (SSSR count). The molecule has 2 heterocycles. The van der Waals surface area contributed by atoms with Crippen molar-refractivity contribution < 1.29 is 4.74 Å². The van der Waals surface area contributed by atoms with Gasteiger partial charge in [0.25, 0.3) is 0 Å². The lowest BCUT2D eigenvalue weighted by atomic mass is 10.2. The third kappa shape index (κ3) is 3.08. The van der Waals surface area contributed by atoms with E-state index >= 15 is 0 Å². The van der Waals surface area contributed by atoms with Gasteiger partial charge in [0, 0.05) is 37.6 Å². The standard InChI is InChI=1S/C12H18N4OS/c1-3-10(11-13-5-9-18-11)15-12-14-4-6-16(12)7-8-17-2/h4-6,9-10H,3,7-8H2,1-2H3,(H,14,15). The highest BCUT2D eigenvalue weighted by Crippen LogP contribution is 2.23. The van der Waals surface area contributed by atoms with E-state index in [9.17, 15) is 0 Å². The van der Waals surface area contributed by atoms with Gasteiger partial charge in [-0.1, -0.05) is 6.92 Å². The number of aromatic nitrogens is 3. The van der Waals surface area contributed by atoms with Crippen LogP contribution in [0.1, 0.15) is 24.4 Å². The van der Waals surface area contributed by atoms with Gasteiger partial charge in [0.1, 0.15) is 5.01 Å². The van der Waals surface area contributed by atoms with Gasteiger partial charge < -0.3 is 14.6 Å². The highest BCUT2D eigenvalue weighted by molar-refractivity contribution is 7.09. The first-order valence-electron chi connectivity index (χ1n) is 6.01. The van der Waals surface area contributed by atoms with E-state index in [0.717, 1.165) is 23.9 Å². The number of methoxy groups -OCH3 is 1. The number of nitrogens with zero attached hydrogens (tertiary/aromatic N) is 3.